The molecule has 1 N–H and O–H groups in total. The number of hydrogen-bond acceptors (Lipinski definition) is 3. The van der Waals surface area contributed by atoms with Crippen molar-refractivity contribution < 1.29 is 14.3 Å². The van der Waals surface area contributed by atoms with Gasteiger partial charge in [-0.1, -0.05) is 19.1 Å². The van der Waals surface area contributed by atoms with Gasteiger partial charge in [0, 0.05) is 12.5 Å². The summed E-state index contributed by atoms with van der Waals surface area (Å²) in [6.07, 6.45) is 0.649. The van der Waals surface area contributed by atoms with E-state index < -0.39 is 6.03 Å². The van der Waals surface area contributed by atoms with Gasteiger partial charge in [0.25, 0.3) is 0 Å². The highest BCUT2D eigenvalue weighted by Crippen LogP contribution is 2.30. The van der Waals surface area contributed by atoms with E-state index >= 15 is 0 Å². The molecule has 1 fully saturated rings. The molecule has 0 aromatic heterocycles. The van der Waals surface area contributed by atoms with Crippen molar-refractivity contribution in [1.82, 2.24) is 5.32 Å². The number of rotatable bonds is 2. The van der Waals surface area contributed by atoms with E-state index in [0.29, 0.717) is 24.4 Å². The Kier molecular flexibility index (Phi) is 3.50. The molecule has 2 rings (SSSR count). The molecule has 1 aromatic carbocycles. The summed E-state index contributed by atoms with van der Waals surface area (Å²) in [6, 6.07) is 6.61. The van der Waals surface area contributed by atoms with Gasteiger partial charge in [-0.05, 0) is 18.6 Å². The first-order valence-corrected chi connectivity index (χ1v) is 5.90. The second kappa shape index (κ2) is 5.08. The Morgan fingerprint density at radius 2 is 2.06 bits per heavy atom. The quantitative estimate of drug-likeness (QED) is 0.867. The fraction of sp³-hybridized carbons (Fsp3) is 0.385. The second-order valence-corrected chi connectivity index (χ2v) is 4.27. The zero-order valence-electron chi connectivity index (χ0n) is 10.5. The highest BCUT2D eigenvalue weighted by atomic mass is 16.5. The molecule has 1 heterocycles. The first kappa shape index (κ1) is 12.4. The molecule has 0 bridgehead atoms. The van der Waals surface area contributed by atoms with Gasteiger partial charge < -0.3 is 10.1 Å². The number of carbonyl (C=O) groups excluding carboxylic acids is 2. The number of carbonyl (C=O) groups is 2. The Hall–Kier alpha value is -2.04. The average Bonchev–Trinajstić information content (AvgIpc) is 2.50. The summed E-state index contributed by atoms with van der Waals surface area (Å²) in [5, 5.41) is 2.72. The van der Waals surface area contributed by atoms with Gasteiger partial charge in [0.05, 0.1) is 12.8 Å². The van der Waals surface area contributed by atoms with E-state index in [1.54, 1.807) is 24.3 Å². The van der Waals surface area contributed by atoms with Gasteiger partial charge in [-0.15, -0.1) is 0 Å². The van der Waals surface area contributed by atoms with Crippen LogP contribution in [0.2, 0.25) is 0 Å². The van der Waals surface area contributed by atoms with Crippen LogP contribution < -0.4 is 15.0 Å². The molecule has 1 saturated heterocycles. The minimum absolute atomic E-state index is 0.186. The van der Waals surface area contributed by atoms with Crippen molar-refractivity contribution in [3.05, 3.63) is 24.3 Å². The molecule has 1 unspecified atom stereocenters. The molecule has 5 nitrogen and oxygen atoms in total. The van der Waals surface area contributed by atoms with Crippen molar-refractivity contribution in [3.8, 4) is 5.75 Å². The van der Waals surface area contributed by atoms with Crippen LogP contribution in [0.1, 0.15) is 13.3 Å². The summed E-state index contributed by atoms with van der Waals surface area (Å²) in [7, 11) is 1.52. The molecular formula is C13H16N2O3. The highest BCUT2D eigenvalue weighted by molar-refractivity contribution is 6.16. The lowest BCUT2D eigenvalue weighted by atomic mass is 10.1. The third-order valence-electron chi connectivity index (χ3n) is 3.02. The summed E-state index contributed by atoms with van der Waals surface area (Å²) in [6.45, 7) is 2.34. The molecule has 1 aromatic rings. The van der Waals surface area contributed by atoms with Crippen molar-refractivity contribution in [2.24, 2.45) is 5.92 Å². The summed E-state index contributed by atoms with van der Waals surface area (Å²) in [4.78, 5) is 25.4. The third-order valence-corrected chi connectivity index (χ3v) is 3.02. The van der Waals surface area contributed by atoms with E-state index in [9.17, 15) is 9.59 Å². The molecule has 0 radical (unpaired) electrons. The molecule has 96 valence electrons. The Bertz CT molecular complexity index is 473. The molecule has 0 spiro atoms. The smallest absolute Gasteiger partial charge is 0.328 e. The van der Waals surface area contributed by atoms with Gasteiger partial charge in [-0.2, -0.15) is 0 Å². The number of para-hydroxylation sites is 2. The van der Waals surface area contributed by atoms with Crippen molar-refractivity contribution >= 4 is 17.6 Å². The highest BCUT2D eigenvalue weighted by Gasteiger charge is 2.31. The second-order valence-electron chi connectivity index (χ2n) is 4.27. The lowest BCUT2D eigenvalue weighted by molar-refractivity contribution is -0.121. The molecular weight excluding hydrogens is 232 g/mol. The van der Waals surface area contributed by atoms with E-state index in [0.717, 1.165) is 4.90 Å². The van der Waals surface area contributed by atoms with E-state index in [-0.39, 0.29) is 11.8 Å². The van der Waals surface area contributed by atoms with E-state index in [1.807, 2.05) is 6.92 Å². The SMILES string of the molecule is COc1ccccc1N1C(=O)NCCC(C)C1=O. The predicted molar refractivity (Wildman–Crippen MR) is 67.7 cm³/mol. The average molecular weight is 248 g/mol. The van der Waals surface area contributed by atoms with E-state index in [1.165, 1.54) is 7.11 Å². The van der Waals surface area contributed by atoms with Crippen molar-refractivity contribution in [3.63, 3.8) is 0 Å². The van der Waals surface area contributed by atoms with Crippen molar-refractivity contribution in [2.45, 2.75) is 13.3 Å². The maximum Gasteiger partial charge on any atom is 0.328 e. The largest absolute Gasteiger partial charge is 0.495 e. The Morgan fingerprint density at radius 3 is 2.78 bits per heavy atom. The number of imide groups is 1. The fourth-order valence-corrected chi connectivity index (χ4v) is 1.96. The molecule has 1 aliphatic heterocycles. The number of nitrogens with zero attached hydrogens (tertiary/aromatic N) is 1. The van der Waals surface area contributed by atoms with Crippen LogP contribution in [-0.2, 0) is 4.79 Å². The van der Waals surface area contributed by atoms with E-state index in [2.05, 4.69) is 5.32 Å². The number of hydrogen-bond donors (Lipinski definition) is 1. The van der Waals surface area contributed by atoms with Gasteiger partial charge in [0.2, 0.25) is 5.91 Å². The standard InChI is InChI=1S/C13H16N2O3/c1-9-7-8-14-13(17)15(12(9)16)10-5-3-4-6-11(10)18-2/h3-6,9H,7-8H2,1-2H3,(H,14,17). The van der Waals surface area contributed by atoms with Crippen LogP contribution in [-0.4, -0.2) is 25.6 Å². The minimum Gasteiger partial charge on any atom is -0.495 e. The van der Waals surface area contributed by atoms with Crippen LogP contribution in [0.25, 0.3) is 0 Å². The van der Waals surface area contributed by atoms with Crippen molar-refractivity contribution in [1.29, 1.82) is 0 Å². The molecule has 1 atom stereocenters. The Morgan fingerprint density at radius 1 is 1.33 bits per heavy atom. The maximum absolute atomic E-state index is 12.2. The molecule has 18 heavy (non-hydrogen) atoms. The molecule has 0 saturated carbocycles. The van der Waals surface area contributed by atoms with Crippen LogP contribution in [0, 0.1) is 5.92 Å². The maximum atomic E-state index is 12.2. The van der Waals surface area contributed by atoms with Crippen LogP contribution in [0.15, 0.2) is 24.3 Å². The molecule has 3 amide bonds. The lowest BCUT2D eigenvalue weighted by Crippen LogP contribution is -2.43. The monoisotopic (exact) mass is 248 g/mol. The van der Waals surface area contributed by atoms with Gasteiger partial charge >= 0.3 is 6.03 Å². The number of benzene rings is 1. The fourth-order valence-electron chi connectivity index (χ4n) is 1.96. The molecule has 1 aliphatic rings. The summed E-state index contributed by atoms with van der Waals surface area (Å²) in [5.41, 5.74) is 0.483. The van der Waals surface area contributed by atoms with Crippen LogP contribution >= 0.6 is 0 Å². The van der Waals surface area contributed by atoms with Crippen LogP contribution in [0.5, 0.6) is 5.75 Å². The predicted octanol–water partition coefficient (Wildman–Crippen LogP) is 1.78. The zero-order valence-corrected chi connectivity index (χ0v) is 10.5. The number of anilines is 1. The number of urea groups is 1. The van der Waals surface area contributed by atoms with Gasteiger partial charge in [0.1, 0.15) is 5.75 Å². The first-order valence-electron chi connectivity index (χ1n) is 5.90. The zero-order chi connectivity index (χ0) is 13.1. The van der Waals surface area contributed by atoms with Gasteiger partial charge in [-0.25, -0.2) is 9.69 Å². The van der Waals surface area contributed by atoms with Crippen LogP contribution in [0.3, 0.4) is 0 Å². The number of nitrogens with one attached hydrogen (secondary N) is 1. The first-order chi connectivity index (χ1) is 8.65. The summed E-state index contributed by atoms with van der Waals surface area (Å²) < 4.78 is 5.20. The molecule has 0 aliphatic carbocycles. The number of ether oxygens (including phenoxy) is 1. The molecule has 5 heteroatoms. The normalized spacial score (nSPS) is 20.3. The minimum atomic E-state index is -0.395. The van der Waals surface area contributed by atoms with Gasteiger partial charge in [-0.3, -0.25) is 4.79 Å². The van der Waals surface area contributed by atoms with Crippen LogP contribution in [0.4, 0.5) is 10.5 Å². The Balaban J connectivity index is 2.45. The Labute approximate surface area is 106 Å². The van der Waals surface area contributed by atoms with Gasteiger partial charge in [0.15, 0.2) is 0 Å². The van der Waals surface area contributed by atoms with Crippen molar-refractivity contribution in [2.75, 3.05) is 18.6 Å². The number of methoxy groups -OCH3 is 1. The number of amides is 3. The third kappa shape index (κ3) is 2.16. The van der Waals surface area contributed by atoms with E-state index in [4.69, 9.17) is 4.74 Å². The topological polar surface area (TPSA) is 58.6 Å². The summed E-state index contributed by atoms with van der Waals surface area (Å²) in [5.74, 6) is 0.124. The summed E-state index contributed by atoms with van der Waals surface area (Å²) >= 11 is 0. The lowest BCUT2D eigenvalue weighted by Gasteiger charge is -2.22.